The second-order valence-corrected chi connectivity index (χ2v) is 1.44. The molecule has 1 aromatic rings. The summed E-state index contributed by atoms with van der Waals surface area (Å²) in [4.78, 5) is 0. The van der Waals surface area contributed by atoms with Crippen molar-refractivity contribution in [2.45, 2.75) is 0 Å². The molecule has 0 aromatic heterocycles. The molecule has 0 amide bonds. The van der Waals surface area contributed by atoms with E-state index >= 15 is 0 Å². The standard InChI is InChI=1S/C7H7O.AsH3/c1-8-7-5-3-2-4-6-7;/h2-3,5-6H,1H3;1H3. The summed E-state index contributed by atoms with van der Waals surface area (Å²) in [6.45, 7) is 0. The van der Waals surface area contributed by atoms with E-state index in [1.165, 1.54) is 0 Å². The molecule has 0 saturated carbocycles. The molecule has 0 aliphatic carbocycles. The van der Waals surface area contributed by atoms with Gasteiger partial charge in [0.05, 0.1) is 7.11 Å². The molecule has 0 bridgehead atoms. The summed E-state index contributed by atoms with van der Waals surface area (Å²) < 4.78 is 4.88. The van der Waals surface area contributed by atoms with Gasteiger partial charge in [-0.1, -0.05) is 12.1 Å². The Hall–Kier alpha value is -0.422. The maximum atomic E-state index is 4.88. The van der Waals surface area contributed by atoms with E-state index in [0.717, 1.165) is 5.75 Å². The fourth-order valence-electron chi connectivity index (χ4n) is 0.504. The van der Waals surface area contributed by atoms with Crippen LogP contribution in [0.3, 0.4) is 0 Å². The first-order chi connectivity index (χ1) is 3.93. The molecule has 0 N–H and O–H groups in total. The van der Waals surface area contributed by atoms with Gasteiger partial charge in [-0.05, 0) is 18.2 Å². The molecular formula is C7H10AsO. The Labute approximate surface area is 66.3 Å². The van der Waals surface area contributed by atoms with Crippen LogP contribution in [0.2, 0.25) is 0 Å². The van der Waals surface area contributed by atoms with Crippen molar-refractivity contribution in [3.8, 4) is 5.75 Å². The summed E-state index contributed by atoms with van der Waals surface area (Å²) in [5, 5.41) is 0. The number of ether oxygens (including phenoxy) is 1. The van der Waals surface area contributed by atoms with Gasteiger partial charge in [0.25, 0.3) is 0 Å². The first-order valence-corrected chi connectivity index (χ1v) is 2.43. The number of rotatable bonds is 1. The monoisotopic (exact) mass is 185 g/mol. The third-order valence-electron chi connectivity index (χ3n) is 0.914. The number of benzene rings is 1. The first kappa shape index (κ1) is 8.58. The summed E-state index contributed by atoms with van der Waals surface area (Å²) in [5.41, 5.74) is 0. The van der Waals surface area contributed by atoms with Gasteiger partial charge in [-0.2, -0.15) is 0 Å². The molecule has 0 aliphatic rings. The van der Waals surface area contributed by atoms with E-state index < -0.39 is 0 Å². The van der Waals surface area contributed by atoms with Crippen molar-refractivity contribution < 1.29 is 4.74 Å². The van der Waals surface area contributed by atoms with Crippen molar-refractivity contribution in [2.24, 2.45) is 0 Å². The average Bonchev–Trinajstić information content (AvgIpc) is 1.90. The van der Waals surface area contributed by atoms with Gasteiger partial charge in [0.1, 0.15) is 5.75 Å². The van der Waals surface area contributed by atoms with Crippen LogP contribution in [0, 0.1) is 6.07 Å². The SMILES string of the molecule is COc1c[c]ccc1.[AsH3]. The molecule has 1 nitrogen and oxygen atoms in total. The molecule has 1 unspecified atom stereocenters. The average molecular weight is 185 g/mol. The summed E-state index contributed by atoms with van der Waals surface area (Å²) in [5.74, 6) is 0.854. The summed E-state index contributed by atoms with van der Waals surface area (Å²) >= 11 is 0. The fourth-order valence-corrected chi connectivity index (χ4v) is 0.504. The Morgan fingerprint density at radius 2 is 2.33 bits per heavy atom. The van der Waals surface area contributed by atoms with Gasteiger partial charge < -0.3 is 4.74 Å². The Morgan fingerprint density at radius 1 is 1.56 bits per heavy atom. The number of hydrogen-bond acceptors (Lipinski definition) is 1. The normalized spacial score (nSPS) is 7.67. The van der Waals surface area contributed by atoms with Crippen LogP contribution in [-0.2, 0) is 0 Å². The van der Waals surface area contributed by atoms with Gasteiger partial charge in [-0.3, -0.25) is 0 Å². The predicted molar refractivity (Wildman–Crippen MR) is 41.8 cm³/mol. The minimum absolute atomic E-state index is 0. The quantitative estimate of drug-likeness (QED) is 0.572. The molecule has 1 atom stereocenters. The summed E-state index contributed by atoms with van der Waals surface area (Å²) in [7, 11) is 1.64. The van der Waals surface area contributed by atoms with Crippen molar-refractivity contribution >= 4 is 18.0 Å². The molecule has 0 spiro atoms. The molecule has 1 rings (SSSR count). The van der Waals surface area contributed by atoms with E-state index in [1.54, 1.807) is 13.2 Å². The van der Waals surface area contributed by atoms with Crippen molar-refractivity contribution in [3.63, 3.8) is 0 Å². The van der Waals surface area contributed by atoms with Crippen LogP contribution in [0.5, 0.6) is 5.75 Å². The van der Waals surface area contributed by atoms with Crippen LogP contribution >= 0.6 is 0 Å². The van der Waals surface area contributed by atoms with Crippen LogP contribution in [0.1, 0.15) is 0 Å². The fraction of sp³-hybridized carbons (Fsp3) is 0.143. The molecule has 1 radical (unpaired) electrons. The van der Waals surface area contributed by atoms with E-state index in [9.17, 15) is 0 Å². The first-order valence-electron chi connectivity index (χ1n) is 2.43. The minimum atomic E-state index is 0. The van der Waals surface area contributed by atoms with Crippen LogP contribution in [0.25, 0.3) is 0 Å². The zero-order valence-corrected chi connectivity index (χ0v) is 8.39. The van der Waals surface area contributed by atoms with Crippen LogP contribution in [-0.4, -0.2) is 25.1 Å². The van der Waals surface area contributed by atoms with Gasteiger partial charge in [0.15, 0.2) is 0 Å². The number of hydrogen-bond donors (Lipinski definition) is 0. The molecule has 9 heavy (non-hydrogen) atoms. The van der Waals surface area contributed by atoms with E-state index in [1.807, 2.05) is 18.2 Å². The van der Waals surface area contributed by atoms with Crippen LogP contribution in [0.4, 0.5) is 0 Å². The van der Waals surface area contributed by atoms with E-state index in [0.29, 0.717) is 0 Å². The van der Waals surface area contributed by atoms with Crippen molar-refractivity contribution in [2.75, 3.05) is 7.11 Å². The molecule has 0 heterocycles. The van der Waals surface area contributed by atoms with Gasteiger partial charge >= 0.3 is 18.0 Å². The second-order valence-electron chi connectivity index (χ2n) is 1.44. The summed E-state index contributed by atoms with van der Waals surface area (Å²) in [6, 6.07) is 10.3. The Morgan fingerprint density at radius 3 is 2.67 bits per heavy atom. The molecule has 0 aliphatic heterocycles. The Bertz CT molecular complexity index is 150. The molecular weight excluding hydrogens is 175 g/mol. The van der Waals surface area contributed by atoms with Crippen molar-refractivity contribution in [3.05, 3.63) is 30.3 Å². The zero-order valence-electron chi connectivity index (χ0n) is 5.42. The van der Waals surface area contributed by atoms with Crippen LogP contribution in [0.15, 0.2) is 24.3 Å². The molecule has 49 valence electrons. The third kappa shape index (κ3) is 2.57. The number of methoxy groups -OCH3 is 1. The Kier molecular flexibility index (Phi) is 4.25. The van der Waals surface area contributed by atoms with Gasteiger partial charge in [-0.15, -0.1) is 0 Å². The Balaban J connectivity index is 0.000000640. The summed E-state index contributed by atoms with van der Waals surface area (Å²) in [6.07, 6.45) is 0. The van der Waals surface area contributed by atoms with Gasteiger partial charge in [0.2, 0.25) is 0 Å². The topological polar surface area (TPSA) is 9.23 Å². The molecule has 0 fully saturated rings. The van der Waals surface area contributed by atoms with Gasteiger partial charge in [-0.25, -0.2) is 0 Å². The van der Waals surface area contributed by atoms with E-state index in [4.69, 9.17) is 4.74 Å². The predicted octanol–water partition coefficient (Wildman–Crippen LogP) is 0.311. The van der Waals surface area contributed by atoms with Crippen molar-refractivity contribution in [1.82, 2.24) is 0 Å². The van der Waals surface area contributed by atoms with Crippen molar-refractivity contribution in [1.29, 1.82) is 0 Å². The second kappa shape index (κ2) is 4.46. The van der Waals surface area contributed by atoms with Gasteiger partial charge in [0, 0.05) is 0 Å². The zero-order chi connectivity index (χ0) is 5.82. The van der Waals surface area contributed by atoms with Crippen LogP contribution < -0.4 is 4.74 Å². The molecule has 1 aromatic carbocycles. The van der Waals surface area contributed by atoms with E-state index in [-0.39, 0.29) is 18.0 Å². The van der Waals surface area contributed by atoms with E-state index in [2.05, 4.69) is 6.07 Å². The molecule has 2 heteroatoms. The molecule has 0 saturated heterocycles. The maximum absolute atomic E-state index is 4.88. The third-order valence-corrected chi connectivity index (χ3v) is 0.914.